The molecule has 14 heavy (non-hydrogen) atoms. The Hall–Kier alpha value is -0.0700. The molecule has 0 aliphatic carbocycles. The van der Waals surface area contributed by atoms with Gasteiger partial charge in [0, 0.05) is 20.1 Å². The Balaban J connectivity index is -0.0000000260. The van der Waals surface area contributed by atoms with Gasteiger partial charge in [-0.3, -0.25) is 4.79 Å². The molecule has 0 aliphatic heterocycles. The summed E-state index contributed by atoms with van der Waals surface area (Å²) in [5.74, 6) is -0.833. The summed E-state index contributed by atoms with van der Waals surface area (Å²) >= 11 is 9.53. The second-order valence-corrected chi connectivity index (χ2v) is 2.52. The van der Waals surface area contributed by atoms with Crippen LogP contribution in [0.2, 0.25) is 0 Å². The van der Waals surface area contributed by atoms with Crippen molar-refractivity contribution in [3.8, 4) is 0 Å². The van der Waals surface area contributed by atoms with E-state index in [0.717, 1.165) is 14.0 Å². The molecular weight excluding hydrogens is 235 g/mol. The third-order valence-corrected chi connectivity index (χ3v) is 0. The maximum absolute atomic E-state index is 9.00. The van der Waals surface area contributed by atoms with Gasteiger partial charge in [-0.05, 0) is 13.8 Å². The second kappa shape index (κ2) is 38.3. The fraction of sp³-hybridized carbons (Fsp3) is 0.857. The van der Waals surface area contributed by atoms with Crippen molar-refractivity contribution in [2.75, 3.05) is 12.4 Å². The predicted molar refractivity (Wildman–Crippen MR) is 59.0 cm³/mol. The van der Waals surface area contributed by atoms with Crippen molar-refractivity contribution >= 4 is 29.2 Å². The molecule has 0 radical (unpaired) electrons. The van der Waals surface area contributed by atoms with Gasteiger partial charge in [0.05, 0.1) is 5.34 Å². The van der Waals surface area contributed by atoms with E-state index in [2.05, 4.69) is 0 Å². The number of carboxylic acids is 1. The van der Waals surface area contributed by atoms with Crippen LogP contribution in [-0.2, 0) is 4.79 Å². The maximum atomic E-state index is 9.00. The van der Waals surface area contributed by atoms with Crippen molar-refractivity contribution < 1.29 is 25.6 Å². The zero-order valence-electron chi connectivity index (χ0n) is 8.79. The van der Waals surface area contributed by atoms with Gasteiger partial charge in [-0.2, -0.15) is 0 Å². The van der Waals surface area contributed by atoms with Crippen LogP contribution in [0.1, 0.15) is 20.8 Å². The van der Waals surface area contributed by atoms with Gasteiger partial charge >= 0.3 is 0 Å². The monoisotopic (exact) mass is 254 g/mol. The lowest BCUT2D eigenvalue weighted by atomic mass is 10.5. The molecule has 5 N–H and O–H groups in total. The molecule has 0 rings (SSSR count). The summed E-state index contributed by atoms with van der Waals surface area (Å²) < 4.78 is 0. The summed E-state index contributed by atoms with van der Waals surface area (Å²) in [5.41, 5.74) is 0. The van der Waals surface area contributed by atoms with E-state index >= 15 is 0 Å². The number of aliphatic hydroxyl groups excluding tert-OH is 2. The van der Waals surface area contributed by atoms with Crippen molar-refractivity contribution in [3.05, 3.63) is 0 Å². The largest absolute Gasteiger partial charge is 0.481 e. The number of carboxylic acid groups (broad SMARTS) is 1. The van der Waals surface area contributed by atoms with Crippen LogP contribution in [0, 0.1) is 0 Å². The van der Waals surface area contributed by atoms with Crippen LogP contribution < -0.4 is 0 Å². The second-order valence-electron chi connectivity index (χ2n) is 1.71. The van der Waals surface area contributed by atoms with E-state index in [1.54, 1.807) is 13.8 Å². The lowest BCUT2D eigenvalue weighted by molar-refractivity contribution is -0.134. The average molecular weight is 255 g/mol. The topological polar surface area (TPSA) is 109 Å². The number of rotatable bonds is 0. The first-order valence-corrected chi connectivity index (χ1v) is 4.39. The van der Waals surface area contributed by atoms with Crippen LogP contribution in [0.5, 0.6) is 0 Å². The molecule has 0 saturated carbocycles. The number of aliphatic carboxylic acids is 1. The first-order valence-electron chi connectivity index (χ1n) is 3.32. The van der Waals surface area contributed by atoms with Crippen LogP contribution in [0.3, 0.4) is 0 Å². The van der Waals surface area contributed by atoms with Gasteiger partial charge in [0.25, 0.3) is 5.97 Å². The van der Waals surface area contributed by atoms with Crippen LogP contribution in [0.15, 0.2) is 0 Å². The highest BCUT2D eigenvalue weighted by Crippen LogP contribution is 1.73. The number of hydrogen-bond donors (Lipinski definition) is 3. The van der Waals surface area contributed by atoms with E-state index in [4.69, 9.17) is 43.3 Å². The number of alkyl halides is 2. The molecule has 0 unspecified atom stereocenters. The summed E-state index contributed by atoms with van der Waals surface area (Å²) in [6, 6.07) is 0. The summed E-state index contributed by atoms with van der Waals surface area (Å²) in [6.45, 7) is 4.53. The predicted octanol–water partition coefficient (Wildman–Crippen LogP) is 0.683. The van der Waals surface area contributed by atoms with Gasteiger partial charge in [-0.15, -0.1) is 23.2 Å². The van der Waals surface area contributed by atoms with E-state index in [1.807, 2.05) is 0 Å². The highest BCUT2D eigenvalue weighted by Gasteiger charge is 1.69. The highest BCUT2D eigenvalue weighted by atomic mass is 35.5. The molecule has 0 aromatic rings. The van der Waals surface area contributed by atoms with Crippen molar-refractivity contribution in [2.45, 2.75) is 26.9 Å². The molecule has 0 heterocycles. The van der Waals surface area contributed by atoms with Gasteiger partial charge in [-0.25, -0.2) is 0 Å². The fourth-order valence-corrected chi connectivity index (χ4v) is 0. The van der Waals surface area contributed by atoms with E-state index < -0.39 is 5.97 Å². The summed E-state index contributed by atoms with van der Waals surface area (Å²) in [7, 11) is 1.00. The minimum atomic E-state index is -0.833. The van der Waals surface area contributed by atoms with E-state index in [1.165, 1.54) is 0 Å². The molecule has 0 atom stereocenters. The van der Waals surface area contributed by atoms with Crippen molar-refractivity contribution in [1.82, 2.24) is 0 Å². The molecule has 7 heteroatoms. The quantitative estimate of drug-likeness (QED) is 0.553. The number of hydrogen-bond acceptors (Lipinski definition) is 3. The summed E-state index contributed by atoms with van der Waals surface area (Å²) in [6.07, 6.45) is -0.167. The zero-order valence-corrected chi connectivity index (χ0v) is 10.3. The minimum Gasteiger partial charge on any atom is -0.481 e. The SMILES string of the molecule is CC(=O)O.CC(C)O.CO.ClCCl.O. The normalized spacial score (nSPS) is 6.07. The molecule has 5 nitrogen and oxygen atoms in total. The molecule has 92 valence electrons. The molecule has 0 fully saturated rings. The molecule has 0 aromatic carbocycles. The zero-order chi connectivity index (χ0) is 11.9. The minimum absolute atomic E-state index is 0. The first kappa shape index (κ1) is 29.2. The third-order valence-electron chi connectivity index (χ3n) is 0. The van der Waals surface area contributed by atoms with Crippen molar-refractivity contribution in [3.63, 3.8) is 0 Å². The Labute approximate surface area is 94.6 Å². The maximum Gasteiger partial charge on any atom is 0.300 e. The number of halogens is 2. The van der Waals surface area contributed by atoms with Gasteiger partial charge in [0.1, 0.15) is 0 Å². The van der Waals surface area contributed by atoms with Crippen LogP contribution in [0.25, 0.3) is 0 Å². The summed E-state index contributed by atoms with van der Waals surface area (Å²) in [5, 5.41) is 22.7. The molecule has 0 saturated heterocycles. The Morgan fingerprint density at radius 1 is 1.29 bits per heavy atom. The van der Waals surface area contributed by atoms with Gasteiger partial charge in [0.2, 0.25) is 0 Å². The van der Waals surface area contributed by atoms with E-state index in [-0.39, 0.29) is 16.9 Å². The Bertz CT molecular complexity index is 73.7. The third kappa shape index (κ3) is 291000. The first-order chi connectivity index (χ1) is 5.88. The Morgan fingerprint density at radius 3 is 1.29 bits per heavy atom. The van der Waals surface area contributed by atoms with Crippen molar-refractivity contribution in [1.29, 1.82) is 0 Å². The molecule has 0 aromatic heterocycles. The lowest BCUT2D eigenvalue weighted by Crippen LogP contribution is -1.85. The molecule has 0 amide bonds. The molecule has 0 spiro atoms. The lowest BCUT2D eigenvalue weighted by Gasteiger charge is -1.80. The summed E-state index contributed by atoms with van der Waals surface area (Å²) in [4.78, 5) is 9.00. The van der Waals surface area contributed by atoms with Gasteiger partial charge < -0.3 is 20.8 Å². The highest BCUT2D eigenvalue weighted by molar-refractivity contribution is 6.40. The smallest absolute Gasteiger partial charge is 0.300 e. The van der Waals surface area contributed by atoms with E-state index in [0.29, 0.717) is 0 Å². The van der Waals surface area contributed by atoms with E-state index in [9.17, 15) is 0 Å². The Kier molecular flexibility index (Phi) is 79.9. The van der Waals surface area contributed by atoms with Gasteiger partial charge in [-0.1, -0.05) is 0 Å². The fourth-order valence-electron chi connectivity index (χ4n) is 0. The molecule has 0 aliphatic rings. The van der Waals surface area contributed by atoms with Crippen LogP contribution in [0.4, 0.5) is 0 Å². The number of aliphatic hydroxyl groups is 2. The average Bonchev–Trinajstić information content (AvgIpc) is 1.89. The van der Waals surface area contributed by atoms with Crippen LogP contribution >= 0.6 is 23.2 Å². The van der Waals surface area contributed by atoms with Crippen LogP contribution in [-0.4, -0.2) is 45.3 Å². The van der Waals surface area contributed by atoms with Crippen molar-refractivity contribution in [2.24, 2.45) is 0 Å². The Morgan fingerprint density at radius 2 is 1.29 bits per heavy atom. The number of carbonyl (C=O) groups is 1. The van der Waals surface area contributed by atoms with Gasteiger partial charge in [0.15, 0.2) is 0 Å². The standard InChI is InChI=1S/C3H8O.C2H4O2.CH2Cl2.CH4O.H2O/c1-3(2)4;1-2(3)4;2-1-3;1-2;/h3-4H,1-2H3;1H3,(H,3,4);1H2;2H,1H3;1H2. The molecular formula is C7H20Cl2O5. The molecule has 0 bridgehead atoms.